The molecule has 0 amide bonds. The summed E-state index contributed by atoms with van der Waals surface area (Å²) in [7, 11) is -3.99. The molecule has 0 saturated carbocycles. The van der Waals surface area contributed by atoms with E-state index < -0.39 is 14.9 Å². The van der Waals surface area contributed by atoms with Crippen LogP contribution in [0.5, 0.6) is 0 Å². The molecule has 6 nitrogen and oxygen atoms in total. The molecule has 0 atom stereocenters. The molecule has 2 aromatic rings. The molecule has 0 radical (unpaired) electrons. The van der Waals surface area contributed by atoms with Crippen molar-refractivity contribution in [1.82, 2.24) is 0 Å². The summed E-state index contributed by atoms with van der Waals surface area (Å²) < 4.78 is 27.1. The van der Waals surface area contributed by atoms with Gasteiger partial charge >= 0.3 is 0 Å². The summed E-state index contributed by atoms with van der Waals surface area (Å²) in [5.41, 5.74) is 0.812. The number of anilines is 1. The van der Waals surface area contributed by atoms with E-state index in [0.717, 1.165) is 10.4 Å². The summed E-state index contributed by atoms with van der Waals surface area (Å²) in [4.78, 5) is 10.1. The van der Waals surface area contributed by atoms with Crippen molar-refractivity contribution in [3.63, 3.8) is 0 Å². The fourth-order valence-electron chi connectivity index (χ4n) is 2.23. The third kappa shape index (κ3) is 3.58. The molecule has 8 heteroatoms. The fourth-order valence-corrected chi connectivity index (χ4v) is 3.99. The quantitative estimate of drug-likeness (QED) is 0.440. The first-order valence-corrected chi connectivity index (χ1v) is 8.73. The van der Waals surface area contributed by atoms with E-state index in [2.05, 4.69) is 6.58 Å². The number of rotatable bonds is 6. The fraction of sp³-hybridized carbons (Fsp3) is 0.125. The molecule has 2 aromatic carbocycles. The van der Waals surface area contributed by atoms with Crippen LogP contribution in [0.1, 0.15) is 5.56 Å². The number of hydrogen-bond donors (Lipinski definition) is 0. The molecule has 0 aliphatic rings. The molecular weight excluding hydrogens is 352 g/mol. The normalized spacial score (nSPS) is 11.1. The minimum absolute atomic E-state index is 0.0213. The largest absolute Gasteiger partial charge is 0.270 e. The number of halogens is 1. The predicted molar refractivity (Wildman–Crippen MR) is 94.0 cm³/mol. The topological polar surface area (TPSA) is 80.5 Å². The van der Waals surface area contributed by atoms with E-state index in [1.54, 1.807) is 25.1 Å². The van der Waals surface area contributed by atoms with Crippen LogP contribution in [0.3, 0.4) is 0 Å². The van der Waals surface area contributed by atoms with Crippen LogP contribution in [0, 0.1) is 17.0 Å². The standard InChI is InChI=1S/C16H15ClN2O4S/c1-3-9-18(16-8-7-13(17)10-12(16)2)24(22,23)15-6-4-5-14(11-15)19(20)21/h3-8,10-11H,1,9H2,2H3. The first-order valence-electron chi connectivity index (χ1n) is 6.91. The number of nitro groups is 1. The zero-order valence-corrected chi connectivity index (χ0v) is 14.4. The molecule has 0 aliphatic heterocycles. The number of aryl methyl sites for hydroxylation is 1. The molecular formula is C16H15ClN2O4S. The predicted octanol–water partition coefficient (Wildman–Crippen LogP) is 3.94. The maximum Gasteiger partial charge on any atom is 0.270 e. The van der Waals surface area contributed by atoms with E-state index in [9.17, 15) is 18.5 Å². The van der Waals surface area contributed by atoms with Gasteiger partial charge in [-0.15, -0.1) is 6.58 Å². The van der Waals surface area contributed by atoms with Gasteiger partial charge in [0.05, 0.1) is 22.1 Å². The lowest BCUT2D eigenvalue weighted by Crippen LogP contribution is -2.31. The van der Waals surface area contributed by atoms with Crippen LogP contribution in [0.15, 0.2) is 60.0 Å². The van der Waals surface area contributed by atoms with Crippen molar-refractivity contribution < 1.29 is 13.3 Å². The van der Waals surface area contributed by atoms with Gasteiger partial charge in [-0.1, -0.05) is 23.7 Å². The highest BCUT2D eigenvalue weighted by Gasteiger charge is 2.26. The van der Waals surface area contributed by atoms with Crippen LogP contribution in [0.4, 0.5) is 11.4 Å². The van der Waals surface area contributed by atoms with Gasteiger partial charge in [-0.25, -0.2) is 8.42 Å². The lowest BCUT2D eigenvalue weighted by atomic mass is 10.2. The highest BCUT2D eigenvalue weighted by atomic mass is 35.5. The van der Waals surface area contributed by atoms with Crippen molar-refractivity contribution in [3.05, 3.63) is 75.8 Å². The Morgan fingerprint density at radius 2 is 2.00 bits per heavy atom. The molecule has 126 valence electrons. The molecule has 0 unspecified atom stereocenters. The van der Waals surface area contributed by atoms with Crippen molar-refractivity contribution in [2.75, 3.05) is 10.8 Å². The number of benzene rings is 2. The minimum atomic E-state index is -3.99. The number of non-ortho nitro benzene ring substituents is 1. The van der Waals surface area contributed by atoms with Gasteiger partial charge in [0, 0.05) is 17.2 Å². The molecule has 0 aliphatic carbocycles. The molecule has 2 rings (SSSR count). The highest BCUT2D eigenvalue weighted by molar-refractivity contribution is 7.92. The van der Waals surface area contributed by atoms with E-state index in [-0.39, 0.29) is 17.1 Å². The van der Waals surface area contributed by atoms with Crippen molar-refractivity contribution in [2.24, 2.45) is 0 Å². The van der Waals surface area contributed by atoms with Gasteiger partial charge in [0.1, 0.15) is 0 Å². The van der Waals surface area contributed by atoms with Crippen molar-refractivity contribution in [1.29, 1.82) is 0 Å². The molecule has 0 bridgehead atoms. The van der Waals surface area contributed by atoms with Gasteiger partial charge < -0.3 is 0 Å². The summed E-state index contributed by atoms with van der Waals surface area (Å²) >= 11 is 5.92. The third-order valence-electron chi connectivity index (χ3n) is 3.34. The van der Waals surface area contributed by atoms with Crippen LogP contribution >= 0.6 is 11.6 Å². The maximum absolute atomic E-state index is 13.0. The smallest absolute Gasteiger partial charge is 0.262 e. The minimum Gasteiger partial charge on any atom is -0.262 e. The van der Waals surface area contributed by atoms with E-state index >= 15 is 0 Å². The van der Waals surface area contributed by atoms with Crippen LogP contribution in [-0.4, -0.2) is 19.9 Å². The summed E-state index contributed by atoms with van der Waals surface area (Å²) in [6, 6.07) is 9.77. The second-order valence-corrected chi connectivity index (χ2v) is 7.31. The lowest BCUT2D eigenvalue weighted by Gasteiger charge is -2.24. The Labute approximate surface area is 145 Å². The molecule has 0 saturated heterocycles. The Bertz CT molecular complexity index is 897. The first-order chi connectivity index (χ1) is 11.3. The third-order valence-corrected chi connectivity index (χ3v) is 5.35. The van der Waals surface area contributed by atoms with Crippen molar-refractivity contribution in [3.8, 4) is 0 Å². The second-order valence-electron chi connectivity index (χ2n) is 5.01. The van der Waals surface area contributed by atoms with E-state index in [0.29, 0.717) is 16.3 Å². The first kappa shape index (κ1) is 18.0. The van der Waals surface area contributed by atoms with Gasteiger partial charge in [-0.3, -0.25) is 14.4 Å². The molecule has 0 fully saturated rings. The van der Waals surface area contributed by atoms with Gasteiger partial charge in [-0.2, -0.15) is 0 Å². The zero-order valence-electron chi connectivity index (χ0n) is 12.8. The summed E-state index contributed by atoms with van der Waals surface area (Å²) in [6.45, 7) is 5.34. The summed E-state index contributed by atoms with van der Waals surface area (Å²) in [5, 5.41) is 11.4. The Morgan fingerprint density at radius 1 is 1.29 bits per heavy atom. The van der Waals surface area contributed by atoms with E-state index in [1.165, 1.54) is 24.3 Å². The van der Waals surface area contributed by atoms with Gasteiger partial charge in [0.15, 0.2) is 0 Å². The SMILES string of the molecule is C=CCN(c1ccc(Cl)cc1C)S(=O)(=O)c1cccc([N+](=O)[O-])c1. The maximum atomic E-state index is 13.0. The Balaban J connectivity index is 2.59. The zero-order chi connectivity index (χ0) is 17.9. The van der Waals surface area contributed by atoms with Crippen LogP contribution in [0.2, 0.25) is 5.02 Å². The lowest BCUT2D eigenvalue weighted by molar-refractivity contribution is -0.385. The molecule has 0 aromatic heterocycles. The Hall–Kier alpha value is -2.38. The summed E-state index contributed by atoms with van der Waals surface area (Å²) in [6.07, 6.45) is 1.45. The monoisotopic (exact) mass is 366 g/mol. The second kappa shape index (κ2) is 7.02. The van der Waals surface area contributed by atoms with Crippen LogP contribution in [0.25, 0.3) is 0 Å². The molecule has 0 heterocycles. The van der Waals surface area contributed by atoms with Crippen LogP contribution in [-0.2, 0) is 10.0 Å². The number of nitro benzene ring substituents is 1. The molecule has 0 spiro atoms. The molecule has 0 N–H and O–H groups in total. The van der Waals surface area contributed by atoms with Crippen molar-refractivity contribution >= 4 is 33.0 Å². The number of sulfonamides is 1. The number of hydrogen-bond acceptors (Lipinski definition) is 4. The molecule has 24 heavy (non-hydrogen) atoms. The van der Waals surface area contributed by atoms with Gasteiger partial charge in [0.25, 0.3) is 15.7 Å². The number of nitrogens with zero attached hydrogens (tertiary/aromatic N) is 2. The summed E-state index contributed by atoms with van der Waals surface area (Å²) in [5.74, 6) is 0. The highest BCUT2D eigenvalue weighted by Crippen LogP contribution is 2.29. The van der Waals surface area contributed by atoms with Crippen molar-refractivity contribution in [2.45, 2.75) is 11.8 Å². The van der Waals surface area contributed by atoms with Gasteiger partial charge in [0.2, 0.25) is 0 Å². The average molecular weight is 367 g/mol. The van der Waals surface area contributed by atoms with E-state index in [4.69, 9.17) is 11.6 Å². The average Bonchev–Trinajstić information content (AvgIpc) is 2.53. The Kier molecular flexibility index (Phi) is 5.26. The van der Waals surface area contributed by atoms with E-state index in [1.807, 2.05) is 0 Å². The van der Waals surface area contributed by atoms with Crippen LogP contribution < -0.4 is 4.31 Å². The Morgan fingerprint density at radius 3 is 2.58 bits per heavy atom. The van der Waals surface area contributed by atoms with Gasteiger partial charge in [-0.05, 0) is 36.8 Å².